The fourth-order valence-electron chi connectivity index (χ4n) is 4.42. The Balaban J connectivity index is 2.08. The molecular formula is C29H38N2O4. The maximum Gasteiger partial charge on any atom is 0.295 e. The second kappa shape index (κ2) is 12.0. The molecule has 2 aromatic carbocycles. The molecule has 1 unspecified atom stereocenters. The highest BCUT2D eigenvalue weighted by molar-refractivity contribution is 6.46. The lowest BCUT2D eigenvalue weighted by molar-refractivity contribution is -0.140. The third-order valence-electron chi connectivity index (χ3n) is 6.59. The first-order chi connectivity index (χ1) is 16.8. The van der Waals surface area contributed by atoms with E-state index in [-0.39, 0.29) is 11.3 Å². The SMILES string of the molecule is CCCOc1cccc(C(O)=C2C(=O)C(=O)N(CCN(CC)CC)C2c2ccc(C(C)C)cc2)c1. The van der Waals surface area contributed by atoms with Crippen LogP contribution in [0.15, 0.2) is 54.1 Å². The second-order valence-corrected chi connectivity index (χ2v) is 9.22. The number of nitrogens with zero attached hydrogens (tertiary/aromatic N) is 2. The van der Waals surface area contributed by atoms with E-state index in [0.29, 0.717) is 36.9 Å². The van der Waals surface area contributed by atoms with Gasteiger partial charge in [-0.1, -0.05) is 71.0 Å². The number of likely N-dealkylation sites (N-methyl/N-ethyl adjacent to an activating group) is 1. The highest BCUT2D eigenvalue weighted by atomic mass is 16.5. The van der Waals surface area contributed by atoms with Crippen LogP contribution in [0.3, 0.4) is 0 Å². The number of ether oxygens (including phenoxy) is 1. The normalized spacial score (nSPS) is 17.6. The Bertz CT molecular complexity index is 1050. The molecule has 0 spiro atoms. The summed E-state index contributed by atoms with van der Waals surface area (Å²) in [6, 6.07) is 14.4. The minimum absolute atomic E-state index is 0.125. The molecule has 3 rings (SSSR count). The van der Waals surface area contributed by atoms with Gasteiger partial charge in [-0.15, -0.1) is 0 Å². The van der Waals surface area contributed by atoms with Gasteiger partial charge in [-0.25, -0.2) is 0 Å². The molecule has 1 fully saturated rings. The van der Waals surface area contributed by atoms with Crippen LogP contribution in [0, 0.1) is 0 Å². The molecule has 0 radical (unpaired) electrons. The molecule has 6 heteroatoms. The van der Waals surface area contributed by atoms with Crippen LogP contribution in [0.4, 0.5) is 0 Å². The number of hydrogen-bond acceptors (Lipinski definition) is 5. The van der Waals surface area contributed by atoms with Crippen molar-refractivity contribution < 1.29 is 19.4 Å². The van der Waals surface area contributed by atoms with Crippen molar-refractivity contribution in [2.24, 2.45) is 0 Å². The molecule has 1 saturated heterocycles. The largest absolute Gasteiger partial charge is 0.507 e. The van der Waals surface area contributed by atoms with E-state index in [9.17, 15) is 14.7 Å². The van der Waals surface area contributed by atoms with Gasteiger partial charge in [0.2, 0.25) is 0 Å². The van der Waals surface area contributed by atoms with Crippen molar-refractivity contribution in [2.45, 2.75) is 53.0 Å². The number of benzene rings is 2. The summed E-state index contributed by atoms with van der Waals surface area (Å²) in [4.78, 5) is 30.3. The summed E-state index contributed by atoms with van der Waals surface area (Å²) in [5.74, 6) is -0.420. The summed E-state index contributed by atoms with van der Waals surface area (Å²) in [5, 5.41) is 11.3. The van der Waals surface area contributed by atoms with Crippen LogP contribution in [0.2, 0.25) is 0 Å². The summed E-state index contributed by atoms with van der Waals surface area (Å²) < 4.78 is 5.71. The van der Waals surface area contributed by atoms with Crippen molar-refractivity contribution >= 4 is 17.4 Å². The molecule has 1 atom stereocenters. The Hall–Kier alpha value is -3.12. The Morgan fingerprint density at radius 2 is 1.74 bits per heavy atom. The van der Waals surface area contributed by atoms with E-state index in [4.69, 9.17) is 4.74 Å². The molecule has 6 nitrogen and oxygen atoms in total. The number of carbonyl (C=O) groups is 2. The predicted molar refractivity (Wildman–Crippen MR) is 140 cm³/mol. The molecule has 188 valence electrons. The number of rotatable bonds is 11. The molecule has 1 aliphatic rings. The molecule has 0 saturated carbocycles. The third kappa shape index (κ3) is 5.93. The number of aliphatic hydroxyl groups is 1. The summed E-state index contributed by atoms with van der Waals surface area (Å²) in [7, 11) is 0. The maximum atomic E-state index is 13.3. The van der Waals surface area contributed by atoms with Crippen molar-refractivity contribution in [1.82, 2.24) is 9.80 Å². The zero-order valence-corrected chi connectivity index (χ0v) is 21.6. The number of Topliss-reactive ketones (excluding diaryl/α,β-unsaturated/α-hetero) is 1. The van der Waals surface area contributed by atoms with Gasteiger partial charge in [0.25, 0.3) is 11.7 Å². The number of ketones is 1. The Morgan fingerprint density at radius 3 is 2.34 bits per heavy atom. The van der Waals surface area contributed by atoms with Crippen LogP contribution in [0.25, 0.3) is 5.76 Å². The minimum Gasteiger partial charge on any atom is -0.507 e. The van der Waals surface area contributed by atoms with E-state index < -0.39 is 17.7 Å². The zero-order chi connectivity index (χ0) is 25.5. The van der Waals surface area contributed by atoms with E-state index in [1.165, 1.54) is 5.56 Å². The van der Waals surface area contributed by atoms with Gasteiger partial charge in [-0.3, -0.25) is 9.59 Å². The average molecular weight is 479 g/mol. The zero-order valence-electron chi connectivity index (χ0n) is 21.6. The minimum atomic E-state index is -0.653. The van der Waals surface area contributed by atoms with Gasteiger partial charge in [0, 0.05) is 18.7 Å². The van der Waals surface area contributed by atoms with Gasteiger partial charge in [0.1, 0.15) is 11.5 Å². The summed E-state index contributed by atoms with van der Waals surface area (Å²) >= 11 is 0. The predicted octanol–water partition coefficient (Wildman–Crippen LogP) is 5.36. The molecule has 0 aliphatic carbocycles. The number of aliphatic hydroxyl groups excluding tert-OH is 1. The lowest BCUT2D eigenvalue weighted by atomic mass is 9.93. The van der Waals surface area contributed by atoms with E-state index in [0.717, 1.165) is 25.1 Å². The average Bonchev–Trinajstić information content (AvgIpc) is 3.12. The van der Waals surface area contributed by atoms with E-state index in [1.807, 2.05) is 37.3 Å². The fraction of sp³-hybridized carbons (Fsp3) is 0.448. The molecule has 2 aromatic rings. The van der Waals surface area contributed by atoms with Crippen molar-refractivity contribution in [3.63, 3.8) is 0 Å². The van der Waals surface area contributed by atoms with Gasteiger partial charge in [0.05, 0.1) is 18.2 Å². The number of likely N-dealkylation sites (tertiary alicyclic amines) is 1. The van der Waals surface area contributed by atoms with Crippen LogP contribution in [0.5, 0.6) is 5.75 Å². The summed E-state index contributed by atoms with van der Waals surface area (Å²) in [6.45, 7) is 13.8. The number of hydrogen-bond donors (Lipinski definition) is 1. The molecule has 1 aliphatic heterocycles. The van der Waals surface area contributed by atoms with Gasteiger partial charge in [-0.2, -0.15) is 0 Å². The second-order valence-electron chi connectivity index (χ2n) is 9.22. The Labute approximate surface area is 209 Å². The van der Waals surface area contributed by atoms with Crippen LogP contribution in [-0.4, -0.2) is 59.4 Å². The topological polar surface area (TPSA) is 70.1 Å². The molecule has 1 heterocycles. The summed E-state index contributed by atoms with van der Waals surface area (Å²) in [5.41, 5.74) is 2.58. The van der Waals surface area contributed by atoms with Crippen molar-refractivity contribution in [1.29, 1.82) is 0 Å². The monoisotopic (exact) mass is 478 g/mol. The number of amides is 1. The van der Waals surface area contributed by atoms with Gasteiger partial charge < -0.3 is 19.6 Å². The Kier molecular flexibility index (Phi) is 9.10. The highest BCUT2D eigenvalue weighted by Crippen LogP contribution is 2.40. The maximum absolute atomic E-state index is 13.3. The Morgan fingerprint density at radius 1 is 1.06 bits per heavy atom. The lowest BCUT2D eigenvalue weighted by Gasteiger charge is -2.28. The third-order valence-corrected chi connectivity index (χ3v) is 6.59. The van der Waals surface area contributed by atoms with Crippen LogP contribution in [0.1, 0.15) is 69.7 Å². The number of carbonyl (C=O) groups excluding carboxylic acids is 2. The molecule has 0 aromatic heterocycles. The smallest absolute Gasteiger partial charge is 0.295 e. The van der Waals surface area contributed by atoms with E-state index >= 15 is 0 Å². The van der Waals surface area contributed by atoms with Crippen LogP contribution in [-0.2, 0) is 9.59 Å². The standard InChI is InChI=1S/C29H38N2O4/c1-6-18-35-24-11-9-10-23(19-24)27(32)25-26(22-14-12-21(13-15-22)20(4)5)31(29(34)28(25)33)17-16-30(7-2)8-3/h9-15,19-20,26,32H,6-8,16-18H2,1-5H3. The first-order valence-electron chi connectivity index (χ1n) is 12.7. The van der Waals surface area contributed by atoms with Gasteiger partial charge >= 0.3 is 0 Å². The lowest BCUT2D eigenvalue weighted by Crippen LogP contribution is -2.38. The highest BCUT2D eigenvalue weighted by Gasteiger charge is 2.46. The van der Waals surface area contributed by atoms with Crippen molar-refractivity contribution in [2.75, 3.05) is 32.8 Å². The van der Waals surface area contributed by atoms with E-state index in [2.05, 4.69) is 32.6 Å². The molecule has 35 heavy (non-hydrogen) atoms. The van der Waals surface area contributed by atoms with Gasteiger partial charge in [-0.05, 0) is 48.7 Å². The molecule has 1 amide bonds. The van der Waals surface area contributed by atoms with Gasteiger partial charge in [0.15, 0.2) is 0 Å². The molecule has 1 N–H and O–H groups in total. The van der Waals surface area contributed by atoms with Crippen LogP contribution < -0.4 is 4.74 Å². The quantitative estimate of drug-likeness (QED) is 0.267. The van der Waals surface area contributed by atoms with Crippen molar-refractivity contribution in [3.05, 3.63) is 70.8 Å². The van der Waals surface area contributed by atoms with E-state index in [1.54, 1.807) is 23.1 Å². The molecular weight excluding hydrogens is 440 g/mol. The van der Waals surface area contributed by atoms with Crippen molar-refractivity contribution in [3.8, 4) is 5.75 Å². The first-order valence-corrected chi connectivity index (χ1v) is 12.7. The van der Waals surface area contributed by atoms with Crippen LogP contribution >= 0.6 is 0 Å². The first kappa shape index (κ1) is 26.5. The summed E-state index contributed by atoms with van der Waals surface area (Å²) in [6.07, 6.45) is 0.861. The molecule has 0 bridgehead atoms. The fourth-order valence-corrected chi connectivity index (χ4v) is 4.42.